The fourth-order valence-corrected chi connectivity index (χ4v) is 8.32. The number of ketones is 4. The van der Waals surface area contributed by atoms with Crippen LogP contribution in [-0.2, 0) is 99.4 Å². The minimum absolute atomic E-state index is 0.000386. The quantitative estimate of drug-likeness (QED) is 0.0246. The highest BCUT2D eigenvalue weighted by Crippen LogP contribution is 2.22. The maximum absolute atomic E-state index is 14.7. The van der Waals surface area contributed by atoms with E-state index >= 15 is 0 Å². The number of rotatable bonds is 39. The molecule has 0 aliphatic carbocycles. The first kappa shape index (κ1) is 71.5. The van der Waals surface area contributed by atoms with E-state index in [1.165, 1.54) is 20.8 Å². The van der Waals surface area contributed by atoms with E-state index in [4.69, 9.17) is 38.9 Å². The number of hydrogen-bond acceptors (Lipinski definition) is 16. The van der Waals surface area contributed by atoms with Crippen molar-refractivity contribution >= 4 is 46.9 Å². The second kappa shape index (κ2) is 43.8. The molecule has 0 aliphatic heterocycles. The molecular weight excluding hydrogens is 1090 g/mol. The van der Waals surface area contributed by atoms with Crippen LogP contribution >= 0.6 is 0 Å². The summed E-state index contributed by atoms with van der Waals surface area (Å²) < 4.78 is 37.2. The molecule has 5 aromatic carbocycles. The predicted octanol–water partition coefficient (Wildman–Crippen LogP) is 8.45. The third-order valence-corrected chi connectivity index (χ3v) is 12.7. The van der Waals surface area contributed by atoms with Gasteiger partial charge in [0.2, 0.25) is 11.8 Å². The second-order valence-electron chi connectivity index (χ2n) is 20.3. The Bertz CT molecular complexity index is 2690. The molecule has 460 valence electrons. The lowest BCUT2D eigenvalue weighted by molar-refractivity contribution is -0.147. The average Bonchev–Trinajstić information content (AvgIpc) is 3.68. The maximum atomic E-state index is 14.7. The highest BCUT2D eigenvalue weighted by atomic mass is 16.5. The Hall–Kier alpha value is -7.74. The predicted molar refractivity (Wildman–Crippen MR) is 323 cm³/mol. The Balaban J connectivity index is 0.00000142. The fraction of sp³-hybridized carbons (Fsp3) is 0.433. The van der Waals surface area contributed by atoms with E-state index in [2.05, 4.69) is 10.6 Å². The number of carbonyl (C=O) groups is 8. The van der Waals surface area contributed by atoms with Crippen LogP contribution < -0.4 is 21.1 Å². The normalized spacial score (nSPS) is 12.0. The third-order valence-electron chi connectivity index (χ3n) is 12.7. The molecule has 0 fully saturated rings. The number of ether oxygens (including phenoxy) is 7. The molecule has 0 saturated heterocycles. The molecule has 4 atom stereocenters. The van der Waals surface area contributed by atoms with Crippen LogP contribution in [-0.4, -0.2) is 119 Å². The van der Waals surface area contributed by atoms with Crippen molar-refractivity contribution in [1.29, 1.82) is 0 Å². The summed E-state index contributed by atoms with van der Waals surface area (Å²) in [4.78, 5) is 106. The van der Waals surface area contributed by atoms with Crippen molar-refractivity contribution in [2.75, 3.05) is 60.4 Å². The summed E-state index contributed by atoms with van der Waals surface area (Å²) >= 11 is 0. The Morgan fingerprint density at radius 2 is 0.894 bits per heavy atom. The molecule has 0 bridgehead atoms. The molecule has 0 unspecified atom stereocenters. The van der Waals surface area contributed by atoms with Crippen molar-refractivity contribution < 1.29 is 71.5 Å². The lowest BCUT2D eigenvalue weighted by atomic mass is 9.89. The smallest absolute Gasteiger partial charge is 0.306 e. The zero-order valence-electron chi connectivity index (χ0n) is 50.0. The molecule has 18 nitrogen and oxygen atoms in total. The first-order valence-electron chi connectivity index (χ1n) is 28.7. The van der Waals surface area contributed by atoms with Gasteiger partial charge in [0.15, 0.2) is 11.6 Å². The van der Waals surface area contributed by atoms with Crippen LogP contribution in [0.15, 0.2) is 146 Å². The van der Waals surface area contributed by atoms with Gasteiger partial charge in [-0.15, -0.1) is 0 Å². The van der Waals surface area contributed by atoms with E-state index in [1.54, 1.807) is 26.4 Å². The summed E-state index contributed by atoms with van der Waals surface area (Å²) in [5.74, 6) is -4.65. The summed E-state index contributed by atoms with van der Waals surface area (Å²) in [6, 6.07) is 42.0. The molecule has 18 heteroatoms. The number of amides is 2. The molecular formula is C67H87N3O15. The number of esters is 2. The summed E-state index contributed by atoms with van der Waals surface area (Å²) in [5.41, 5.74) is 9.22. The van der Waals surface area contributed by atoms with Crippen LogP contribution in [0.2, 0.25) is 0 Å². The Morgan fingerprint density at radius 3 is 1.39 bits per heavy atom. The molecule has 5 rings (SSSR count). The van der Waals surface area contributed by atoms with Gasteiger partial charge in [-0.1, -0.05) is 133 Å². The molecule has 0 aliphatic rings. The van der Waals surface area contributed by atoms with Crippen molar-refractivity contribution in [2.24, 2.45) is 17.6 Å². The molecule has 0 spiro atoms. The van der Waals surface area contributed by atoms with E-state index in [9.17, 15) is 38.4 Å². The lowest BCUT2D eigenvalue weighted by Crippen LogP contribution is -2.48. The van der Waals surface area contributed by atoms with E-state index in [0.717, 1.165) is 27.8 Å². The Kier molecular flexibility index (Phi) is 36.9. The van der Waals surface area contributed by atoms with Gasteiger partial charge in [-0.25, -0.2) is 0 Å². The molecule has 0 heterocycles. The van der Waals surface area contributed by atoms with E-state index < -0.39 is 59.9 Å². The van der Waals surface area contributed by atoms with Gasteiger partial charge in [0.25, 0.3) is 0 Å². The van der Waals surface area contributed by atoms with Crippen LogP contribution in [0.25, 0.3) is 0 Å². The molecule has 0 aromatic heterocycles. The van der Waals surface area contributed by atoms with Crippen molar-refractivity contribution in [3.8, 4) is 5.75 Å². The molecule has 2 amide bonds. The summed E-state index contributed by atoms with van der Waals surface area (Å²) in [7, 11) is 3.20. The van der Waals surface area contributed by atoms with Gasteiger partial charge in [0.05, 0.1) is 45.1 Å². The van der Waals surface area contributed by atoms with Gasteiger partial charge in [-0.05, 0) is 92.8 Å². The number of Topliss-reactive ketones (excluding diaryl/α,β-unsaturated/α-hetero) is 4. The number of nitrogens with one attached hydrogen (secondary N) is 2. The van der Waals surface area contributed by atoms with Gasteiger partial charge in [-0.2, -0.15) is 0 Å². The van der Waals surface area contributed by atoms with Crippen LogP contribution in [0, 0.1) is 11.8 Å². The topological polar surface area (TPSA) is 251 Å². The number of methoxy groups -OCH3 is 2. The van der Waals surface area contributed by atoms with E-state index in [1.807, 2.05) is 133 Å². The second-order valence-corrected chi connectivity index (χ2v) is 20.3. The molecule has 5 aromatic rings. The van der Waals surface area contributed by atoms with Crippen LogP contribution in [0.5, 0.6) is 5.75 Å². The number of nitrogens with two attached hydrogens (primary N) is 1. The summed E-state index contributed by atoms with van der Waals surface area (Å²) in [5, 5.41) is 5.75. The van der Waals surface area contributed by atoms with Gasteiger partial charge >= 0.3 is 11.9 Å². The van der Waals surface area contributed by atoms with E-state index in [-0.39, 0.29) is 88.5 Å². The van der Waals surface area contributed by atoms with Crippen molar-refractivity contribution in [2.45, 2.75) is 117 Å². The number of benzene rings is 5. The third kappa shape index (κ3) is 33.4. The minimum atomic E-state index is -1.17. The van der Waals surface area contributed by atoms with Crippen molar-refractivity contribution in [3.63, 3.8) is 0 Å². The molecule has 85 heavy (non-hydrogen) atoms. The highest BCUT2D eigenvalue weighted by molar-refractivity contribution is 5.95. The summed E-state index contributed by atoms with van der Waals surface area (Å²) in [6.07, 6.45) is -0.554. The Morgan fingerprint density at radius 1 is 0.447 bits per heavy atom. The SMILES string of the molecule is CC(C)=O.COCCOCCCC(=O)[C@@H](CCC(=O)OCc1ccccc1)NC(=O)[C@H](CCC(=O)OCc1ccccc1)CC(=O)[C@@H](Cc1ccccc1)NC(=O)[C@@H](CC(C)=O)Cc1ccc(OCc2ccccc2)cc1.COCCOCCN. The largest absolute Gasteiger partial charge is 0.489 e. The van der Waals surface area contributed by atoms with Crippen LogP contribution in [0.3, 0.4) is 0 Å². The molecule has 4 N–H and O–H groups in total. The van der Waals surface area contributed by atoms with Gasteiger partial charge in [0.1, 0.15) is 37.1 Å². The van der Waals surface area contributed by atoms with Gasteiger partial charge in [0, 0.05) is 71.3 Å². The lowest BCUT2D eigenvalue weighted by Gasteiger charge is -2.25. The van der Waals surface area contributed by atoms with Crippen LogP contribution in [0.1, 0.15) is 100.0 Å². The zero-order chi connectivity index (χ0) is 61.9. The number of carbonyl (C=O) groups excluding carboxylic acids is 8. The Labute approximate surface area is 501 Å². The highest BCUT2D eigenvalue weighted by Gasteiger charge is 2.33. The molecule has 0 radical (unpaired) electrons. The molecule has 0 saturated carbocycles. The zero-order valence-corrected chi connectivity index (χ0v) is 50.0. The average molecular weight is 1170 g/mol. The minimum Gasteiger partial charge on any atom is -0.489 e. The van der Waals surface area contributed by atoms with Gasteiger partial charge in [-0.3, -0.25) is 28.8 Å². The van der Waals surface area contributed by atoms with Crippen LogP contribution in [0.4, 0.5) is 0 Å². The standard InChI is InChI=1S/C59H68N2O12.C5H13NO2.C3H6O/c1-43(62)36-50(37-45-25-28-51(29-26-45)71-40-46-18-9-4-10-19-46)59(68)61-53(38-44-16-7-3-8-17-44)55(64)39-49(27-31-56(65)72-41-47-20-11-5-12-21-47)58(67)60-52(54(63)24-15-33-70-35-34-69-2)30-32-57(66)73-42-48-22-13-6-14-23-48;1-7-4-5-8-3-2-6;1-3(2)4/h3-14,16-23,25-26,28-29,49-50,52-53H,15,24,27,30-42H2,1-2H3,(H,60,67)(H,61,68);2-6H2,1H3;1-2H3/t49-,50+,52-,53-;;/m1../s1. The summed E-state index contributed by atoms with van der Waals surface area (Å²) in [6.45, 7) is 8.37. The first-order chi connectivity index (χ1) is 41.1. The van der Waals surface area contributed by atoms with Crippen molar-refractivity contribution in [3.05, 3.63) is 173 Å². The van der Waals surface area contributed by atoms with Gasteiger partial charge < -0.3 is 59.1 Å². The van der Waals surface area contributed by atoms with E-state index in [0.29, 0.717) is 58.4 Å². The number of hydrogen-bond donors (Lipinski definition) is 3. The monoisotopic (exact) mass is 1170 g/mol. The van der Waals surface area contributed by atoms with Crippen molar-refractivity contribution in [1.82, 2.24) is 10.6 Å². The maximum Gasteiger partial charge on any atom is 0.306 e. The fourth-order valence-electron chi connectivity index (χ4n) is 8.32. The first-order valence-corrected chi connectivity index (χ1v) is 28.7.